The van der Waals surface area contributed by atoms with Gasteiger partial charge in [-0.15, -0.1) is 0 Å². The van der Waals surface area contributed by atoms with Gasteiger partial charge in [0.05, 0.1) is 0 Å². The predicted octanol–water partition coefficient (Wildman–Crippen LogP) is 4.12. The van der Waals surface area contributed by atoms with E-state index in [-0.39, 0.29) is 17.7 Å². The summed E-state index contributed by atoms with van der Waals surface area (Å²) in [5.74, 6) is -0.410. The Bertz CT molecular complexity index is 569. The lowest BCUT2D eigenvalue weighted by atomic mass is 9.98. The Kier molecular flexibility index (Phi) is 5.88. The van der Waals surface area contributed by atoms with E-state index in [0.717, 1.165) is 18.5 Å². The molecule has 0 saturated carbocycles. The van der Waals surface area contributed by atoms with E-state index in [2.05, 4.69) is 12.2 Å². The van der Waals surface area contributed by atoms with Crippen molar-refractivity contribution in [1.82, 2.24) is 5.32 Å². The summed E-state index contributed by atoms with van der Waals surface area (Å²) >= 11 is 0. The van der Waals surface area contributed by atoms with Crippen molar-refractivity contribution < 1.29 is 8.78 Å². The zero-order chi connectivity index (χ0) is 15.1. The van der Waals surface area contributed by atoms with Crippen LogP contribution in [-0.4, -0.2) is 12.6 Å². The number of halogens is 2. The first-order valence-electron chi connectivity index (χ1n) is 7.40. The van der Waals surface area contributed by atoms with E-state index in [0.29, 0.717) is 18.4 Å². The minimum absolute atomic E-state index is 0.101. The maximum Gasteiger partial charge on any atom is 0.126 e. The molecule has 0 fully saturated rings. The smallest absolute Gasteiger partial charge is 0.126 e. The Morgan fingerprint density at radius 3 is 2.52 bits per heavy atom. The molecule has 0 spiro atoms. The quantitative estimate of drug-likeness (QED) is 0.808. The zero-order valence-corrected chi connectivity index (χ0v) is 12.3. The Morgan fingerprint density at radius 2 is 1.81 bits per heavy atom. The van der Waals surface area contributed by atoms with E-state index in [1.54, 1.807) is 18.2 Å². The Balaban J connectivity index is 2.09. The van der Waals surface area contributed by atoms with E-state index in [4.69, 9.17) is 0 Å². The van der Waals surface area contributed by atoms with Crippen molar-refractivity contribution in [3.05, 3.63) is 71.3 Å². The van der Waals surface area contributed by atoms with Crippen LogP contribution in [0.5, 0.6) is 0 Å². The third-order valence-corrected chi connectivity index (χ3v) is 3.48. The molecule has 2 rings (SSSR count). The number of nitrogens with one attached hydrogen (secondary N) is 1. The van der Waals surface area contributed by atoms with Crippen LogP contribution >= 0.6 is 0 Å². The van der Waals surface area contributed by atoms with Gasteiger partial charge in [-0.3, -0.25) is 0 Å². The molecule has 21 heavy (non-hydrogen) atoms. The molecule has 1 unspecified atom stereocenters. The second-order valence-electron chi connectivity index (χ2n) is 5.28. The number of benzene rings is 2. The van der Waals surface area contributed by atoms with Crippen LogP contribution in [-0.2, 0) is 12.8 Å². The summed E-state index contributed by atoms with van der Waals surface area (Å²) < 4.78 is 27.1. The first-order valence-corrected chi connectivity index (χ1v) is 7.40. The molecule has 3 heteroatoms. The summed E-state index contributed by atoms with van der Waals surface area (Å²) in [5, 5.41) is 3.42. The lowest BCUT2D eigenvalue weighted by Crippen LogP contribution is -2.34. The molecule has 0 aliphatic heterocycles. The van der Waals surface area contributed by atoms with Crippen molar-refractivity contribution in [1.29, 1.82) is 0 Å². The fourth-order valence-electron chi connectivity index (χ4n) is 2.44. The molecular weight excluding hydrogens is 268 g/mol. The standard InChI is InChI=1S/C18H21F2N/c1-2-10-21-17(12-14-6-5-8-16(19)11-14)13-15-7-3-4-9-18(15)20/h3-9,11,17,21H,2,10,12-13H2,1H3. The molecule has 112 valence electrons. The van der Waals surface area contributed by atoms with Gasteiger partial charge in [-0.2, -0.15) is 0 Å². The van der Waals surface area contributed by atoms with Crippen LogP contribution in [0.3, 0.4) is 0 Å². The van der Waals surface area contributed by atoms with Gasteiger partial charge in [-0.1, -0.05) is 37.3 Å². The maximum atomic E-state index is 13.8. The SMILES string of the molecule is CCCNC(Cc1cccc(F)c1)Cc1ccccc1F. The van der Waals surface area contributed by atoms with Gasteiger partial charge in [0.2, 0.25) is 0 Å². The summed E-state index contributed by atoms with van der Waals surface area (Å²) in [6, 6.07) is 13.5. The number of hydrogen-bond acceptors (Lipinski definition) is 1. The molecule has 1 N–H and O–H groups in total. The van der Waals surface area contributed by atoms with Gasteiger partial charge in [0, 0.05) is 6.04 Å². The van der Waals surface area contributed by atoms with Gasteiger partial charge >= 0.3 is 0 Å². The van der Waals surface area contributed by atoms with Crippen molar-refractivity contribution in [2.24, 2.45) is 0 Å². The lowest BCUT2D eigenvalue weighted by Gasteiger charge is -2.19. The fraction of sp³-hybridized carbons (Fsp3) is 0.333. The average molecular weight is 289 g/mol. The third-order valence-electron chi connectivity index (χ3n) is 3.48. The Labute approximate surface area is 125 Å². The molecule has 1 nitrogen and oxygen atoms in total. The monoisotopic (exact) mass is 289 g/mol. The van der Waals surface area contributed by atoms with Crippen LogP contribution in [0.4, 0.5) is 8.78 Å². The molecule has 0 saturated heterocycles. The second-order valence-corrected chi connectivity index (χ2v) is 5.28. The second kappa shape index (κ2) is 7.89. The van der Waals surface area contributed by atoms with Crippen LogP contribution in [0.2, 0.25) is 0 Å². The third kappa shape index (κ3) is 4.94. The highest BCUT2D eigenvalue weighted by atomic mass is 19.1. The molecular formula is C18H21F2N. The van der Waals surface area contributed by atoms with Gasteiger partial charge in [-0.25, -0.2) is 8.78 Å². The van der Waals surface area contributed by atoms with Gasteiger partial charge in [0.1, 0.15) is 11.6 Å². The highest BCUT2D eigenvalue weighted by Gasteiger charge is 2.12. The largest absolute Gasteiger partial charge is 0.313 e. The van der Waals surface area contributed by atoms with Crippen LogP contribution in [0, 0.1) is 11.6 Å². The first kappa shape index (κ1) is 15.6. The number of rotatable bonds is 7. The first-order chi connectivity index (χ1) is 10.2. The molecule has 1 atom stereocenters. The summed E-state index contributed by atoms with van der Waals surface area (Å²) in [5.41, 5.74) is 1.63. The number of hydrogen-bond donors (Lipinski definition) is 1. The highest BCUT2D eigenvalue weighted by Crippen LogP contribution is 2.13. The van der Waals surface area contributed by atoms with Crippen molar-refractivity contribution in [3.8, 4) is 0 Å². The molecule has 2 aromatic rings. The normalized spacial score (nSPS) is 12.3. The molecule has 0 amide bonds. The van der Waals surface area contributed by atoms with E-state index >= 15 is 0 Å². The van der Waals surface area contributed by atoms with E-state index < -0.39 is 0 Å². The van der Waals surface area contributed by atoms with Crippen LogP contribution in [0.15, 0.2) is 48.5 Å². The highest BCUT2D eigenvalue weighted by molar-refractivity contribution is 5.21. The van der Waals surface area contributed by atoms with Gasteiger partial charge < -0.3 is 5.32 Å². The molecule has 2 aromatic carbocycles. The lowest BCUT2D eigenvalue weighted by molar-refractivity contribution is 0.491. The summed E-state index contributed by atoms with van der Waals surface area (Å²) in [6.07, 6.45) is 2.30. The summed E-state index contributed by atoms with van der Waals surface area (Å²) in [6.45, 7) is 2.96. The van der Waals surface area contributed by atoms with Crippen molar-refractivity contribution in [3.63, 3.8) is 0 Å². The van der Waals surface area contributed by atoms with Crippen molar-refractivity contribution >= 4 is 0 Å². The molecule has 0 aliphatic rings. The van der Waals surface area contributed by atoms with E-state index in [1.165, 1.54) is 12.1 Å². The molecule has 0 radical (unpaired) electrons. The average Bonchev–Trinajstić information content (AvgIpc) is 2.47. The van der Waals surface area contributed by atoms with Crippen LogP contribution in [0.25, 0.3) is 0 Å². The summed E-state index contributed by atoms with van der Waals surface area (Å²) in [4.78, 5) is 0. The minimum Gasteiger partial charge on any atom is -0.313 e. The van der Waals surface area contributed by atoms with Gasteiger partial charge in [-0.05, 0) is 55.1 Å². The van der Waals surface area contributed by atoms with Gasteiger partial charge in [0.25, 0.3) is 0 Å². The fourth-order valence-corrected chi connectivity index (χ4v) is 2.44. The molecule has 0 aliphatic carbocycles. The van der Waals surface area contributed by atoms with Crippen LogP contribution < -0.4 is 5.32 Å². The molecule has 0 bridgehead atoms. The summed E-state index contributed by atoms with van der Waals surface area (Å²) in [7, 11) is 0. The zero-order valence-electron chi connectivity index (χ0n) is 12.3. The Morgan fingerprint density at radius 1 is 1.00 bits per heavy atom. The van der Waals surface area contributed by atoms with Gasteiger partial charge in [0.15, 0.2) is 0 Å². The van der Waals surface area contributed by atoms with Crippen molar-refractivity contribution in [2.45, 2.75) is 32.2 Å². The predicted molar refractivity (Wildman–Crippen MR) is 82.3 cm³/mol. The van der Waals surface area contributed by atoms with Crippen molar-refractivity contribution in [2.75, 3.05) is 6.54 Å². The van der Waals surface area contributed by atoms with Crippen LogP contribution in [0.1, 0.15) is 24.5 Å². The van der Waals surface area contributed by atoms with E-state index in [9.17, 15) is 8.78 Å². The maximum absolute atomic E-state index is 13.8. The minimum atomic E-state index is -0.229. The molecule has 0 aromatic heterocycles. The topological polar surface area (TPSA) is 12.0 Å². The van der Waals surface area contributed by atoms with E-state index in [1.807, 2.05) is 18.2 Å². The molecule has 0 heterocycles. The Hall–Kier alpha value is -1.74.